The Hall–Kier alpha value is -2.72. The number of rotatable bonds is 3. The van der Waals surface area contributed by atoms with E-state index in [1.807, 2.05) is 0 Å². The van der Waals surface area contributed by atoms with Crippen LogP contribution in [0, 0.1) is 11.8 Å². The van der Waals surface area contributed by atoms with Gasteiger partial charge in [-0.25, -0.2) is 4.79 Å². The van der Waals surface area contributed by atoms with Gasteiger partial charge in [0.1, 0.15) is 5.76 Å². The third kappa shape index (κ3) is 2.67. The number of carbonyl (C=O) groups is 3. The van der Waals surface area contributed by atoms with Crippen LogP contribution in [0.4, 0.5) is 8.78 Å². The fourth-order valence-corrected chi connectivity index (χ4v) is 3.07. The average molecular weight is 384 g/mol. The molecule has 136 valence electrons. The van der Waals surface area contributed by atoms with Crippen LogP contribution in [-0.4, -0.2) is 35.8 Å². The lowest BCUT2D eigenvalue weighted by Gasteiger charge is -2.31. The van der Waals surface area contributed by atoms with Crippen LogP contribution in [0.25, 0.3) is 0 Å². The molecule has 0 saturated heterocycles. The number of fused-ring (bicyclic) bond motifs is 2. The monoisotopic (exact) mass is 384 g/mol. The first kappa shape index (κ1) is 18.1. The zero-order valence-electron chi connectivity index (χ0n) is 12.8. The maximum absolute atomic E-state index is 13.4. The molecule has 2 aliphatic rings. The number of Topliss-reactive ketones (excluding diaryl/α,β-unsaturated/α-hetero) is 2. The fourth-order valence-electron chi connectivity index (χ4n) is 2.82. The zero-order valence-corrected chi connectivity index (χ0v) is 13.6. The van der Waals surface area contributed by atoms with Crippen LogP contribution in [0.2, 0.25) is 0 Å². The number of halogens is 2. The molecular weight excluding hydrogens is 374 g/mol. The average Bonchev–Trinajstić information content (AvgIpc) is 2.58. The van der Waals surface area contributed by atoms with Gasteiger partial charge >= 0.3 is 21.3 Å². The number of allylic oxidation sites excluding steroid dienone is 4. The van der Waals surface area contributed by atoms with Crippen molar-refractivity contribution >= 4 is 27.7 Å². The van der Waals surface area contributed by atoms with Crippen molar-refractivity contribution in [1.82, 2.24) is 0 Å². The van der Waals surface area contributed by atoms with E-state index in [0.29, 0.717) is 0 Å². The highest BCUT2D eigenvalue weighted by molar-refractivity contribution is 7.87. The summed E-state index contributed by atoms with van der Waals surface area (Å²) in [7, 11) is -6.06. The van der Waals surface area contributed by atoms with E-state index in [1.54, 1.807) is 6.07 Å². The highest BCUT2D eigenvalue weighted by atomic mass is 32.2. The summed E-state index contributed by atoms with van der Waals surface area (Å²) < 4.78 is 61.0. The van der Waals surface area contributed by atoms with Crippen molar-refractivity contribution in [3.63, 3.8) is 0 Å². The van der Waals surface area contributed by atoms with Crippen molar-refractivity contribution in [1.29, 1.82) is 0 Å². The normalized spacial score (nSPS) is 22.3. The summed E-state index contributed by atoms with van der Waals surface area (Å²) in [5, 5.41) is -5.22. The maximum Gasteiger partial charge on any atom is 0.466 e. The lowest BCUT2D eigenvalue weighted by atomic mass is 9.71. The van der Waals surface area contributed by atoms with Gasteiger partial charge in [0.2, 0.25) is 0 Å². The summed E-state index contributed by atoms with van der Waals surface area (Å²) in [6.07, 6.45) is 3.60. The molecule has 0 amide bonds. The second kappa shape index (κ2) is 5.92. The molecule has 1 aromatic carbocycles. The van der Waals surface area contributed by atoms with E-state index in [-0.39, 0.29) is 11.1 Å². The zero-order chi connectivity index (χ0) is 19.3. The first-order chi connectivity index (χ1) is 12.1. The van der Waals surface area contributed by atoms with Crippen molar-refractivity contribution in [2.45, 2.75) is 5.25 Å². The number of esters is 1. The number of alkyl halides is 2. The van der Waals surface area contributed by atoms with Gasteiger partial charge < -0.3 is 4.74 Å². The smallest absolute Gasteiger partial charge is 0.425 e. The van der Waals surface area contributed by atoms with Gasteiger partial charge in [0, 0.05) is 11.1 Å². The lowest BCUT2D eigenvalue weighted by Crippen LogP contribution is -2.42. The van der Waals surface area contributed by atoms with Gasteiger partial charge in [0.15, 0.2) is 11.6 Å². The maximum atomic E-state index is 13.4. The molecule has 0 saturated carbocycles. The second-order valence-electron chi connectivity index (χ2n) is 5.61. The molecule has 0 heterocycles. The Morgan fingerprint density at radius 3 is 2.27 bits per heavy atom. The predicted molar refractivity (Wildman–Crippen MR) is 81.9 cm³/mol. The van der Waals surface area contributed by atoms with E-state index in [9.17, 15) is 31.6 Å². The molecule has 2 aliphatic carbocycles. The van der Waals surface area contributed by atoms with Gasteiger partial charge in [-0.15, -0.1) is 0 Å². The van der Waals surface area contributed by atoms with Crippen LogP contribution in [0.3, 0.4) is 0 Å². The topological polar surface area (TPSA) is 115 Å². The Morgan fingerprint density at radius 1 is 1.12 bits per heavy atom. The molecule has 0 fully saturated rings. The van der Waals surface area contributed by atoms with E-state index in [4.69, 9.17) is 4.55 Å². The molecular formula is C16H10F2O7S. The molecule has 0 aromatic heterocycles. The summed E-state index contributed by atoms with van der Waals surface area (Å²) in [5.74, 6) is -6.74. The molecule has 10 heteroatoms. The highest BCUT2D eigenvalue weighted by Crippen LogP contribution is 2.39. The van der Waals surface area contributed by atoms with Crippen molar-refractivity contribution in [2.75, 3.05) is 0 Å². The van der Waals surface area contributed by atoms with E-state index in [2.05, 4.69) is 4.74 Å². The van der Waals surface area contributed by atoms with E-state index < -0.39 is 50.5 Å². The number of hydrogen-bond donors (Lipinski definition) is 1. The number of ether oxygens (including phenoxy) is 1. The minimum absolute atomic E-state index is 0.0394. The minimum Gasteiger partial charge on any atom is -0.425 e. The Bertz CT molecular complexity index is 992. The SMILES string of the molecule is O=C1c2ccccc2C(=O)C2C(OC(=O)C(F)(F)S(=O)(=O)O)=CC=CC12. The van der Waals surface area contributed by atoms with Crippen LogP contribution >= 0.6 is 0 Å². The summed E-state index contributed by atoms with van der Waals surface area (Å²) in [6.45, 7) is 0. The minimum atomic E-state index is -6.06. The van der Waals surface area contributed by atoms with Gasteiger partial charge in [0.25, 0.3) is 0 Å². The van der Waals surface area contributed by atoms with Crippen molar-refractivity contribution in [3.05, 3.63) is 59.4 Å². The number of hydrogen-bond acceptors (Lipinski definition) is 6. The standard InChI is InChI=1S/C16H10F2O7S/c17-16(18,26(22,23)24)15(21)25-11-7-3-6-10-12(11)14(20)9-5-2-1-4-8(9)13(10)19/h1-7,10,12H,(H,22,23,24). The Morgan fingerprint density at radius 2 is 1.69 bits per heavy atom. The van der Waals surface area contributed by atoms with Crippen LogP contribution in [0.15, 0.2) is 48.3 Å². The molecule has 0 bridgehead atoms. The molecule has 2 atom stereocenters. The largest absolute Gasteiger partial charge is 0.466 e. The summed E-state index contributed by atoms with van der Waals surface area (Å²) >= 11 is 0. The van der Waals surface area contributed by atoms with Crippen molar-refractivity contribution in [2.24, 2.45) is 11.8 Å². The first-order valence-electron chi connectivity index (χ1n) is 7.18. The molecule has 26 heavy (non-hydrogen) atoms. The Kier molecular flexibility index (Phi) is 4.12. The van der Waals surface area contributed by atoms with E-state index >= 15 is 0 Å². The number of carbonyl (C=O) groups excluding carboxylic acids is 3. The molecule has 7 nitrogen and oxygen atoms in total. The molecule has 1 aromatic rings. The van der Waals surface area contributed by atoms with Gasteiger partial charge in [-0.1, -0.05) is 36.4 Å². The first-order valence-corrected chi connectivity index (χ1v) is 8.62. The predicted octanol–water partition coefficient (Wildman–Crippen LogP) is 1.78. The molecule has 1 N–H and O–H groups in total. The molecule has 0 radical (unpaired) electrons. The summed E-state index contributed by atoms with van der Waals surface area (Å²) in [6, 6.07) is 5.87. The number of benzene rings is 1. The number of ketones is 2. The molecule has 3 rings (SSSR count). The lowest BCUT2D eigenvalue weighted by molar-refractivity contribution is -0.157. The summed E-state index contributed by atoms with van der Waals surface area (Å²) in [4.78, 5) is 36.7. The van der Waals surface area contributed by atoms with Gasteiger partial charge in [-0.2, -0.15) is 17.2 Å². The van der Waals surface area contributed by atoms with Crippen LogP contribution in [0.5, 0.6) is 0 Å². The molecule has 2 unspecified atom stereocenters. The summed E-state index contributed by atoms with van der Waals surface area (Å²) in [5.41, 5.74) is 0.191. The van der Waals surface area contributed by atoms with Crippen LogP contribution in [0.1, 0.15) is 20.7 Å². The highest BCUT2D eigenvalue weighted by Gasteiger charge is 2.55. The van der Waals surface area contributed by atoms with Gasteiger partial charge in [-0.05, 0) is 6.08 Å². The molecule has 0 spiro atoms. The van der Waals surface area contributed by atoms with Crippen LogP contribution < -0.4 is 0 Å². The Labute approximate surface area is 145 Å². The van der Waals surface area contributed by atoms with Gasteiger partial charge in [0.05, 0.1) is 11.8 Å². The fraction of sp³-hybridized carbons (Fsp3) is 0.188. The third-order valence-corrected chi connectivity index (χ3v) is 4.87. The molecule has 0 aliphatic heterocycles. The van der Waals surface area contributed by atoms with E-state index in [1.165, 1.54) is 30.4 Å². The van der Waals surface area contributed by atoms with Crippen LogP contribution in [-0.2, 0) is 19.6 Å². The van der Waals surface area contributed by atoms with Gasteiger partial charge in [-0.3, -0.25) is 14.1 Å². The quantitative estimate of drug-likeness (QED) is 0.624. The van der Waals surface area contributed by atoms with Crippen molar-refractivity contribution in [3.8, 4) is 0 Å². The van der Waals surface area contributed by atoms with E-state index in [0.717, 1.165) is 6.08 Å². The van der Waals surface area contributed by atoms with Crippen molar-refractivity contribution < 1.29 is 40.9 Å². The third-order valence-electron chi connectivity index (χ3n) is 4.06. The Balaban J connectivity index is 1.98. The second-order valence-corrected chi connectivity index (χ2v) is 7.08.